The lowest BCUT2D eigenvalue weighted by Gasteiger charge is -2.09. The highest BCUT2D eigenvalue weighted by Crippen LogP contribution is 2.15. The van der Waals surface area contributed by atoms with E-state index in [9.17, 15) is 14.0 Å². The summed E-state index contributed by atoms with van der Waals surface area (Å²) in [7, 11) is 0. The first kappa shape index (κ1) is 13.8. The number of nitrogen functional groups attached to an aromatic ring is 1. The van der Waals surface area contributed by atoms with E-state index in [2.05, 4.69) is 5.32 Å². The molecule has 0 spiro atoms. The van der Waals surface area contributed by atoms with Crippen LogP contribution in [-0.4, -0.2) is 10.5 Å². The van der Waals surface area contributed by atoms with Crippen LogP contribution in [0.25, 0.3) is 0 Å². The Bertz CT molecular complexity index is 710. The van der Waals surface area contributed by atoms with Crippen LogP contribution < -0.4 is 16.6 Å². The molecule has 1 heterocycles. The van der Waals surface area contributed by atoms with Gasteiger partial charge in [0.2, 0.25) is 5.91 Å². The van der Waals surface area contributed by atoms with Crippen LogP contribution in [0.1, 0.15) is 5.56 Å². The van der Waals surface area contributed by atoms with E-state index in [1.807, 2.05) is 0 Å². The van der Waals surface area contributed by atoms with Gasteiger partial charge in [0.15, 0.2) is 0 Å². The summed E-state index contributed by atoms with van der Waals surface area (Å²) in [5.74, 6) is -1.02. The highest BCUT2D eigenvalue weighted by molar-refractivity contribution is 5.90. The number of carbonyl (C=O) groups is 1. The molecule has 104 valence electrons. The predicted octanol–water partition coefficient (Wildman–Crippen LogP) is 1.52. The molecular weight excluding hydrogens is 261 g/mol. The molecule has 1 amide bonds. The molecule has 2 rings (SSSR count). The number of hydrogen-bond acceptors (Lipinski definition) is 3. The lowest BCUT2D eigenvalue weighted by Crippen LogP contribution is -2.27. The number of aromatic nitrogens is 1. The van der Waals surface area contributed by atoms with E-state index in [0.717, 1.165) is 10.1 Å². The third kappa shape index (κ3) is 3.23. The lowest BCUT2D eigenvalue weighted by molar-refractivity contribution is -0.116. The zero-order valence-corrected chi connectivity index (χ0v) is 10.9. The second-order valence-corrected chi connectivity index (χ2v) is 4.46. The van der Waals surface area contributed by atoms with Crippen molar-refractivity contribution < 1.29 is 9.18 Å². The van der Waals surface area contributed by atoms with Crippen molar-refractivity contribution in [3.8, 4) is 0 Å². The molecule has 5 nitrogen and oxygen atoms in total. The SMILES string of the molecule is Cc1ccc(NC(=O)Cn2cc(N)ccc2=O)c(F)c1. The Labute approximate surface area is 114 Å². The second-order valence-electron chi connectivity index (χ2n) is 4.46. The summed E-state index contributed by atoms with van der Waals surface area (Å²) < 4.78 is 14.8. The van der Waals surface area contributed by atoms with Crippen molar-refractivity contribution in [3.63, 3.8) is 0 Å². The molecule has 0 aliphatic heterocycles. The first-order chi connectivity index (χ1) is 9.45. The molecule has 0 radical (unpaired) electrons. The minimum absolute atomic E-state index is 0.0811. The van der Waals surface area contributed by atoms with Gasteiger partial charge in [0.1, 0.15) is 12.4 Å². The summed E-state index contributed by atoms with van der Waals surface area (Å²) in [6, 6.07) is 7.21. The molecule has 3 N–H and O–H groups in total. The topological polar surface area (TPSA) is 77.1 Å². The fourth-order valence-corrected chi connectivity index (χ4v) is 1.74. The maximum absolute atomic E-state index is 13.6. The average molecular weight is 275 g/mol. The summed E-state index contributed by atoms with van der Waals surface area (Å²) in [5, 5.41) is 2.42. The third-order valence-corrected chi connectivity index (χ3v) is 2.72. The van der Waals surface area contributed by atoms with Crippen LogP contribution in [-0.2, 0) is 11.3 Å². The van der Waals surface area contributed by atoms with Gasteiger partial charge < -0.3 is 15.6 Å². The molecule has 20 heavy (non-hydrogen) atoms. The Hall–Kier alpha value is -2.63. The number of nitrogens with zero attached hydrogens (tertiary/aromatic N) is 1. The van der Waals surface area contributed by atoms with Gasteiger partial charge in [0.25, 0.3) is 5.56 Å². The number of nitrogens with one attached hydrogen (secondary N) is 1. The highest BCUT2D eigenvalue weighted by atomic mass is 19.1. The molecule has 0 fully saturated rings. The summed E-state index contributed by atoms with van der Waals surface area (Å²) in [5.41, 5.74) is 6.41. The van der Waals surface area contributed by atoms with E-state index in [1.54, 1.807) is 13.0 Å². The molecule has 0 aliphatic carbocycles. The van der Waals surface area contributed by atoms with Crippen LogP contribution in [0.15, 0.2) is 41.3 Å². The molecule has 1 aromatic heterocycles. The maximum atomic E-state index is 13.6. The zero-order valence-electron chi connectivity index (χ0n) is 10.9. The number of benzene rings is 1. The fourth-order valence-electron chi connectivity index (χ4n) is 1.74. The molecule has 0 aliphatic rings. The number of halogens is 1. The molecular formula is C14H14FN3O2. The fraction of sp³-hybridized carbons (Fsp3) is 0.143. The average Bonchev–Trinajstić information content (AvgIpc) is 2.37. The smallest absolute Gasteiger partial charge is 0.251 e. The minimum Gasteiger partial charge on any atom is -0.398 e. The zero-order chi connectivity index (χ0) is 14.7. The summed E-state index contributed by atoms with van der Waals surface area (Å²) in [6.45, 7) is 1.53. The number of aryl methyl sites for hydroxylation is 1. The third-order valence-electron chi connectivity index (χ3n) is 2.72. The van der Waals surface area contributed by atoms with Gasteiger partial charge in [-0.1, -0.05) is 6.07 Å². The Morgan fingerprint density at radius 3 is 2.80 bits per heavy atom. The van der Waals surface area contributed by atoms with E-state index in [4.69, 9.17) is 5.73 Å². The van der Waals surface area contributed by atoms with Gasteiger partial charge in [-0.05, 0) is 30.7 Å². The second kappa shape index (κ2) is 5.56. The van der Waals surface area contributed by atoms with Gasteiger partial charge in [-0.2, -0.15) is 0 Å². The number of nitrogens with two attached hydrogens (primary N) is 1. The van der Waals surface area contributed by atoms with Crippen molar-refractivity contribution in [2.45, 2.75) is 13.5 Å². The molecule has 2 aromatic rings. The van der Waals surface area contributed by atoms with Crippen LogP contribution in [0.4, 0.5) is 15.8 Å². The maximum Gasteiger partial charge on any atom is 0.251 e. The normalized spacial score (nSPS) is 10.3. The van der Waals surface area contributed by atoms with Crippen LogP contribution in [0.2, 0.25) is 0 Å². The van der Waals surface area contributed by atoms with Gasteiger partial charge in [-0.15, -0.1) is 0 Å². The van der Waals surface area contributed by atoms with Gasteiger partial charge >= 0.3 is 0 Å². The first-order valence-corrected chi connectivity index (χ1v) is 5.97. The van der Waals surface area contributed by atoms with Gasteiger partial charge in [0, 0.05) is 18.0 Å². The minimum atomic E-state index is -0.515. The van der Waals surface area contributed by atoms with E-state index < -0.39 is 11.7 Å². The number of hydrogen-bond donors (Lipinski definition) is 2. The Balaban J connectivity index is 2.13. The van der Waals surface area contributed by atoms with Crippen LogP contribution >= 0.6 is 0 Å². The molecule has 0 bridgehead atoms. The van der Waals surface area contributed by atoms with E-state index in [-0.39, 0.29) is 17.8 Å². The van der Waals surface area contributed by atoms with Crippen LogP contribution in [0.5, 0.6) is 0 Å². The monoisotopic (exact) mass is 275 g/mol. The number of pyridine rings is 1. The Morgan fingerprint density at radius 2 is 2.10 bits per heavy atom. The number of anilines is 2. The number of amides is 1. The van der Waals surface area contributed by atoms with Gasteiger partial charge in [-0.3, -0.25) is 9.59 Å². The summed E-state index contributed by atoms with van der Waals surface area (Å²) in [4.78, 5) is 23.3. The van der Waals surface area contributed by atoms with Crippen molar-refractivity contribution in [3.05, 3.63) is 58.3 Å². The van der Waals surface area contributed by atoms with Crippen molar-refractivity contribution >= 4 is 17.3 Å². The van der Waals surface area contributed by atoms with Crippen LogP contribution in [0, 0.1) is 12.7 Å². The Morgan fingerprint density at radius 1 is 1.35 bits per heavy atom. The molecule has 0 atom stereocenters. The quantitative estimate of drug-likeness (QED) is 0.891. The predicted molar refractivity (Wildman–Crippen MR) is 74.9 cm³/mol. The first-order valence-electron chi connectivity index (χ1n) is 5.97. The lowest BCUT2D eigenvalue weighted by atomic mass is 10.2. The summed E-state index contributed by atoms with van der Waals surface area (Å²) >= 11 is 0. The van der Waals surface area contributed by atoms with E-state index >= 15 is 0 Å². The highest BCUT2D eigenvalue weighted by Gasteiger charge is 2.08. The van der Waals surface area contributed by atoms with Crippen molar-refractivity contribution in [2.24, 2.45) is 0 Å². The van der Waals surface area contributed by atoms with Gasteiger partial charge in [-0.25, -0.2) is 4.39 Å². The number of carbonyl (C=O) groups excluding carboxylic acids is 1. The largest absolute Gasteiger partial charge is 0.398 e. The van der Waals surface area contributed by atoms with Crippen molar-refractivity contribution in [1.29, 1.82) is 0 Å². The number of rotatable bonds is 3. The standard InChI is InChI=1S/C14H14FN3O2/c1-9-2-4-12(11(15)6-9)17-13(19)8-18-7-10(16)3-5-14(18)20/h2-7H,8,16H2,1H3,(H,17,19). The molecule has 0 unspecified atom stereocenters. The Kier molecular flexibility index (Phi) is 3.84. The van der Waals surface area contributed by atoms with Gasteiger partial charge in [0.05, 0.1) is 5.69 Å². The van der Waals surface area contributed by atoms with Crippen molar-refractivity contribution in [2.75, 3.05) is 11.1 Å². The van der Waals surface area contributed by atoms with Crippen molar-refractivity contribution in [1.82, 2.24) is 4.57 Å². The summed E-state index contributed by atoms with van der Waals surface area (Å²) in [6.07, 6.45) is 1.37. The molecule has 0 saturated heterocycles. The molecule has 1 aromatic carbocycles. The van der Waals surface area contributed by atoms with E-state index in [1.165, 1.54) is 30.5 Å². The molecule has 0 saturated carbocycles. The van der Waals surface area contributed by atoms with Crippen LogP contribution in [0.3, 0.4) is 0 Å². The van der Waals surface area contributed by atoms with E-state index in [0.29, 0.717) is 5.69 Å². The molecule has 6 heteroatoms.